The Labute approximate surface area is 132 Å². The van der Waals surface area contributed by atoms with Crippen LogP contribution in [-0.2, 0) is 0 Å². The highest BCUT2D eigenvalue weighted by atomic mass is 32.1. The van der Waals surface area contributed by atoms with Gasteiger partial charge in [0.25, 0.3) is 0 Å². The number of rotatable bonds is 2. The molecular weight excluding hydrogens is 282 g/mol. The predicted octanol–water partition coefficient (Wildman–Crippen LogP) is 2.98. The smallest absolute Gasteiger partial charge is 0.226 e. The van der Waals surface area contributed by atoms with E-state index in [-0.39, 0.29) is 5.54 Å². The average molecular weight is 309 g/mol. The molecule has 0 unspecified atom stereocenters. The van der Waals surface area contributed by atoms with Gasteiger partial charge in [-0.1, -0.05) is 19.3 Å². The fourth-order valence-electron chi connectivity index (χ4n) is 3.60. The van der Waals surface area contributed by atoms with Gasteiger partial charge in [-0.05, 0) is 46.0 Å². The van der Waals surface area contributed by atoms with Crippen LogP contribution in [0.1, 0.15) is 52.0 Å². The zero-order chi connectivity index (χ0) is 15.0. The van der Waals surface area contributed by atoms with Gasteiger partial charge in [-0.25, -0.2) is 5.10 Å². The highest BCUT2D eigenvalue weighted by Gasteiger charge is 2.34. The van der Waals surface area contributed by atoms with Gasteiger partial charge in [0.1, 0.15) is 0 Å². The van der Waals surface area contributed by atoms with Crippen molar-refractivity contribution in [1.82, 2.24) is 19.7 Å². The molecule has 0 amide bonds. The second-order valence-electron chi connectivity index (χ2n) is 7.15. The predicted molar refractivity (Wildman–Crippen MR) is 88.5 cm³/mol. The summed E-state index contributed by atoms with van der Waals surface area (Å²) < 4.78 is 3.07. The molecule has 0 aromatic carbocycles. The van der Waals surface area contributed by atoms with E-state index in [1.807, 2.05) is 0 Å². The number of aromatic amines is 1. The summed E-state index contributed by atoms with van der Waals surface area (Å²) in [6.45, 7) is 7.68. The summed E-state index contributed by atoms with van der Waals surface area (Å²) in [7, 11) is 2.20. The molecule has 6 heteroatoms. The quantitative estimate of drug-likeness (QED) is 0.853. The van der Waals surface area contributed by atoms with Gasteiger partial charge >= 0.3 is 0 Å². The van der Waals surface area contributed by atoms with E-state index < -0.39 is 0 Å². The van der Waals surface area contributed by atoms with E-state index in [9.17, 15) is 0 Å². The lowest BCUT2D eigenvalue weighted by Crippen LogP contribution is -2.58. The van der Waals surface area contributed by atoms with E-state index in [1.54, 1.807) is 0 Å². The van der Waals surface area contributed by atoms with E-state index in [0.29, 0.717) is 6.04 Å². The SMILES string of the molecule is CN1CCN(c2n[nH]c(=S)n2C2CCCCC2)CC1(C)C. The molecule has 1 aliphatic heterocycles. The summed E-state index contributed by atoms with van der Waals surface area (Å²) in [6, 6.07) is 0.530. The van der Waals surface area contributed by atoms with Gasteiger partial charge in [-0.15, -0.1) is 5.10 Å². The van der Waals surface area contributed by atoms with Crippen molar-refractivity contribution in [2.45, 2.75) is 57.5 Å². The monoisotopic (exact) mass is 309 g/mol. The molecular formula is C15H27N5S. The summed E-state index contributed by atoms with van der Waals surface area (Å²) in [6.07, 6.45) is 6.45. The van der Waals surface area contributed by atoms with Crippen molar-refractivity contribution in [3.8, 4) is 0 Å². The van der Waals surface area contributed by atoms with Crippen LogP contribution < -0.4 is 4.90 Å². The Balaban J connectivity index is 1.87. The van der Waals surface area contributed by atoms with E-state index in [2.05, 4.69) is 45.5 Å². The number of piperazine rings is 1. The topological polar surface area (TPSA) is 40.1 Å². The molecule has 1 aliphatic carbocycles. The van der Waals surface area contributed by atoms with Gasteiger partial charge in [-0.2, -0.15) is 0 Å². The maximum Gasteiger partial charge on any atom is 0.226 e. The first-order valence-electron chi connectivity index (χ1n) is 8.12. The molecule has 118 valence electrons. The lowest BCUT2D eigenvalue weighted by atomic mass is 9.95. The first kappa shape index (κ1) is 15.0. The highest BCUT2D eigenvalue weighted by Crippen LogP contribution is 2.32. The van der Waals surface area contributed by atoms with Crippen molar-refractivity contribution >= 4 is 18.2 Å². The van der Waals surface area contributed by atoms with Gasteiger partial charge in [0.15, 0.2) is 4.77 Å². The van der Waals surface area contributed by atoms with Crippen molar-refractivity contribution in [1.29, 1.82) is 0 Å². The molecule has 0 bridgehead atoms. The molecule has 1 saturated carbocycles. The van der Waals surface area contributed by atoms with Crippen LogP contribution in [0.2, 0.25) is 0 Å². The second-order valence-corrected chi connectivity index (χ2v) is 7.53. The van der Waals surface area contributed by atoms with Crippen molar-refractivity contribution in [3.05, 3.63) is 4.77 Å². The third-order valence-electron chi connectivity index (χ3n) is 5.22. The van der Waals surface area contributed by atoms with Crippen LogP contribution in [-0.4, -0.2) is 51.9 Å². The molecule has 3 rings (SSSR count). The molecule has 0 atom stereocenters. The molecule has 1 aromatic rings. The van der Waals surface area contributed by atoms with Crippen molar-refractivity contribution in [2.24, 2.45) is 0 Å². The van der Waals surface area contributed by atoms with Crippen molar-refractivity contribution in [2.75, 3.05) is 31.6 Å². The number of H-pyrrole nitrogens is 1. The number of anilines is 1. The van der Waals surface area contributed by atoms with Crippen LogP contribution in [0.3, 0.4) is 0 Å². The Morgan fingerprint density at radius 2 is 1.90 bits per heavy atom. The average Bonchev–Trinajstić information content (AvgIpc) is 2.84. The summed E-state index contributed by atoms with van der Waals surface area (Å²) in [5.41, 5.74) is 0.170. The lowest BCUT2D eigenvalue weighted by molar-refractivity contribution is 0.137. The summed E-state index contributed by atoms with van der Waals surface area (Å²) >= 11 is 5.51. The van der Waals surface area contributed by atoms with E-state index in [4.69, 9.17) is 12.2 Å². The number of likely N-dealkylation sites (N-methyl/N-ethyl adjacent to an activating group) is 1. The Morgan fingerprint density at radius 1 is 1.19 bits per heavy atom. The van der Waals surface area contributed by atoms with E-state index >= 15 is 0 Å². The molecule has 2 fully saturated rings. The third kappa shape index (κ3) is 2.88. The standard InChI is InChI=1S/C15H27N5S/c1-15(2)11-19(10-9-18(15)3)13-16-17-14(21)20(13)12-7-5-4-6-8-12/h12H,4-11H2,1-3H3,(H,17,21). The lowest BCUT2D eigenvalue weighted by Gasteiger charge is -2.45. The molecule has 5 nitrogen and oxygen atoms in total. The number of hydrogen-bond donors (Lipinski definition) is 1. The molecule has 2 heterocycles. The minimum atomic E-state index is 0.170. The summed E-state index contributed by atoms with van der Waals surface area (Å²) in [4.78, 5) is 4.83. The van der Waals surface area contributed by atoms with Crippen molar-refractivity contribution in [3.63, 3.8) is 0 Å². The van der Waals surface area contributed by atoms with Gasteiger partial charge in [0.2, 0.25) is 5.95 Å². The Kier molecular flexibility index (Phi) is 4.10. The van der Waals surface area contributed by atoms with Gasteiger partial charge in [0, 0.05) is 31.2 Å². The summed E-state index contributed by atoms with van der Waals surface area (Å²) in [5.74, 6) is 1.05. The largest absolute Gasteiger partial charge is 0.338 e. The first-order valence-corrected chi connectivity index (χ1v) is 8.53. The van der Waals surface area contributed by atoms with Crippen LogP contribution in [0.5, 0.6) is 0 Å². The van der Waals surface area contributed by atoms with E-state index in [1.165, 1.54) is 32.1 Å². The van der Waals surface area contributed by atoms with E-state index in [0.717, 1.165) is 30.4 Å². The molecule has 0 radical (unpaired) electrons. The number of nitrogens with zero attached hydrogens (tertiary/aromatic N) is 4. The maximum absolute atomic E-state index is 5.51. The van der Waals surface area contributed by atoms with Crippen molar-refractivity contribution < 1.29 is 0 Å². The fraction of sp³-hybridized carbons (Fsp3) is 0.867. The minimum Gasteiger partial charge on any atom is -0.338 e. The maximum atomic E-state index is 5.51. The normalized spacial score (nSPS) is 24.4. The van der Waals surface area contributed by atoms with Crippen LogP contribution in [0.4, 0.5) is 5.95 Å². The Hall–Kier alpha value is -0.880. The second kappa shape index (κ2) is 5.72. The molecule has 1 aromatic heterocycles. The summed E-state index contributed by atoms with van der Waals surface area (Å²) in [5, 5.41) is 7.59. The van der Waals surface area contributed by atoms with Crippen LogP contribution in [0.15, 0.2) is 0 Å². The molecule has 1 saturated heterocycles. The third-order valence-corrected chi connectivity index (χ3v) is 5.51. The fourth-order valence-corrected chi connectivity index (χ4v) is 3.88. The zero-order valence-corrected chi connectivity index (χ0v) is 14.2. The number of aromatic nitrogens is 3. The molecule has 0 spiro atoms. The molecule has 21 heavy (non-hydrogen) atoms. The first-order chi connectivity index (χ1) is 9.99. The van der Waals surface area contributed by atoms with Crippen LogP contribution >= 0.6 is 12.2 Å². The number of nitrogens with one attached hydrogen (secondary N) is 1. The number of hydrogen-bond acceptors (Lipinski definition) is 4. The highest BCUT2D eigenvalue weighted by molar-refractivity contribution is 7.71. The van der Waals surface area contributed by atoms with Crippen LogP contribution in [0, 0.1) is 4.77 Å². The van der Waals surface area contributed by atoms with Gasteiger partial charge in [-0.3, -0.25) is 9.47 Å². The minimum absolute atomic E-state index is 0.170. The zero-order valence-electron chi connectivity index (χ0n) is 13.4. The Morgan fingerprint density at radius 3 is 2.57 bits per heavy atom. The van der Waals surface area contributed by atoms with Crippen LogP contribution in [0.25, 0.3) is 0 Å². The Bertz CT molecular complexity index is 541. The van der Waals surface area contributed by atoms with Gasteiger partial charge < -0.3 is 4.90 Å². The van der Waals surface area contributed by atoms with Gasteiger partial charge in [0.05, 0.1) is 0 Å². The molecule has 2 aliphatic rings. The molecule has 1 N–H and O–H groups in total.